The Labute approximate surface area is 85.3 Å². The number of hydrogen-bond donors (Lipinski definition) is 0. The molecule has 0 N–H and O–H groups in total. The Balaban J connectivity index is 2.88. The molecule has 0 aromatic carbocycles. The fourth-order valence-electron chi connectivity index (χ4n) is 0.900. The van der Waals surface area contributed by atoms with Gasteiger partial charge < -0.3 is 4.74 Å². The highest BCUT2D eigenvalue weighted by atomic mass is 32.2. The van der Waals surface area contributed by atoms with Crippen LogP contribution in [0.15, 0.2) is 9.81 Å². The van der Waals surface area contributed by atoms with Gasteiger partial charge in [0.25, 0.3) is 0 Å². The van der Waals surface area contributed by atoms with Crippen molar-refractivity contribution >= 4 is 35.5 Å². The van der Waals surface area contributed by atoms with Gasteiger partial charge in [-0.2, -0.15) is 0 Å². The first kappa shape index (κ1) is 10.7. The van der Waals surface area contributed by atoms with Crippen LogP contribution in [0.25, 0.3) is 0 Å². The topological polar surface area (TPSA) is 43.4 Å². The van der Waals surface area contributed by atoms with E-state index in [0.29, 0.717) is 9.81 Å². The first-order valence-corrected chi connectivity index (χ1v) is 5.94. The molecule has 0 unspecified atom stereocenters. The first-order valence-electron chi connectivity index (χ1n) is 3.97. The molecule has 0 aliphatic carbocycles. The van der Waals surface area contributed by atoms with E-state index in [9.17, 15) is 9.59 Å². The second-order valence-corrected chi connectivity index (χ2v) is 4.75. The molecule has 0 fully saturated rings. The Morgan fingerprint density at radius 3 is 1.69 bits per heavy atom. The van der Waals surface area contributed by atoms with Gasteiger partial charge in [0.05, 0.1) is 0 Å². The normalized spacial score (nSPS) is 16.8. The van der Waals surface area contributed by atoms with Gasteiger partial charge in [-0.15, -0.1) is 23.5 Å². The highest BCUT2D eigenvalue weighted by Crippen LogP contribution is 2.34. The van der Waals surface area contributed by atoms with Gasteiger partial charge in [-0.1, -0.05) is 13.8 Å². The molecule has 1 heterocycles. The number of carbonyl (C=O) groups is 2. The molecule has 72 valence electrons. The molecule has 0 aromatic rings. The van der Waals surface area contributed by atoms with Gasteiger partial charge in [-0.05, 0) is 11.5 Å². The molecular weight excluding hydrogens is 208 g/mol. The van der Waals surface area contributed by atoms with Gasteiger partial charge in [0.2, 0.25) is 0 Å². The number of thioether (sulfide) groups is 2. The van der Waals surface area contributed by atoms with E-state index in [0.717, 1.165) is 11.5 Å². The van der Waals surface area contributed by atoms with Crippen LogP contribution in [0.3, 0.4) is 0 Å². The summed E-state index contributed by atoms with van der Waals surface area (Å²) in [6.45, 7) is 3.87. The highest BCUT2D eigenvalue weighted by molar-refractivity contribution is 8.08. The molecule has 0 radical (unpaired) electrons. The standard InChI is InChI=1S/C8H10O3S2/c1-3-12-5-6(13-4-2)8(10)11-7(5)9/h3-4H2,1-2H3. The van der Waals surface area contributed by atoms with Gasteiger partial charge in [0.1, 0.15) is 9.81 Å². The molecule has 0 atom stereocenters. The number of hydrogen-bond acceptors (Lipinski definition) is 5. The summed E-state index contributed by atoms with van der Waals surface area (Å²) < 4.78 is 4.50. The lowest BCUT2D eigenvalue weighted by Gasteiger charge is -1.96. The summed E-state index contributed by atoms with van der Waals surface area (Å²) in [6, 6.07) is 0. The maximum Gasteiger partial charge on any atom is 0.353 e. The van der Waals surface area contributed by atoms with E-state index in [-0.39, 0.29) is 0 Å². The SMILES string of the molecule is CCSC1=C(SCC)C(=O)OC1=O. The van der Waals surface area contributed by atoms with Crippen LogP contribution in [-0.4, -0.2) is 23.4 Å². The van der Waals surface area contributed by atoms with Crippen molar-refractivity contribution in [1.82, 2.24) is 0 Å². The van der Waals surface area contributed by atoms with Crippen LogP contribution in [0.4, 0.5) is 0 Å². The third kappa shape index (κ3) is 2.28. The molecule has 0 amide bonds. The zero-order chi connectivity index (χ0) is 9.84. The van der Waals surface area contributed by atoms with Crippen LogP contribution in [0, 0.1) is 0 Å². The molecule has 0 spiro atoms. The predicted molar refractivity (Wildman–Crippen MR) is 54.4 cm³/mol. The molecule has 1 aliphatic rings. The van der Waals surface area contributed by atoms with Crippen molar-refractivity contribution < 1.29 is 14.3 Å². The Kier molecular flexibility index (Phi) is 3.87. The lowest BCUT2D eigenvalue weighted by molar-refractivity contribution is -0.150. The quantitative estimate of drug-likeness (QED) is 0.531. The lowest BCUT2D eigenvalue weighted by Crippen LogP contribution is -2.01. The number of carbonyl (C=O) groups excluding carboxylic acids is 2. The minimum Gasteiger partial charge on any atom is -0.385 e. The Hall–Kier alpha value is -0.420. The van der Waals surface area contributed by atoms with Crippen molar-refractivity contribution in [2.45, 2.75) is 13.8 Å². The summed E-state index contributed by atoms with van der Waals surface area (Å²) in [4.78, 5) is 23.2. The first-order chi connectivity index (χ1) is 6.20. The molecule has 3 nitrogen and oxygen atoms in total. The minimum atomic E-state index is -0.493. The summed E-state index contributed by atoms with van der Waals surface area (Å²) in [6.07, 6.45) is 0. The molecule has 0 aromatic heterocycles. The van der Waals surface area contributed by atoms with Gasteiger partial charge >= 0.3 is 11.9 Å². The maximum absolute atomic E-state index is 11.1. The summed E-state index contributed by atoms with van der Waals surface area (Å²) in [7, 11) is 0. The van der Waals surface area contributed by atoms with Crippen LogP contribution >= 0.6 is 23.5 Å². The van der Waals surface area contributed by atoms with Crippen molar-refractivity contribution in [3.05, 3.63) is 9.81 Å². The molecule has 0 bridgehead atoms. The zero-order valence-corrected chi connectivity index (χ0v) is 9.09. The van der Waals surface area contributed by atoms with E-state index < -0.39 is 11.9 Å². The van der Waals surface area contributed by atoms with Gasteiger partial charge in [0.15, 0.2) is 0 Å². The maximum atomic E-state index is 11.1. The van der Waals surface area contributed by atoms with Crippen LogP contribution in [0.2, 0.25) is 0 Å². The van der Waals surface area contributed by atoms with Gasteiger partial charge in [-0.25, -0.2) is 9.59 Å². The van der Waals surface area contributed by atoms with Crippen molar-refractivity contribution in [1.29, 1.82) is 0 Å². The largest absolute Gasteiger partial charge is 0.385 e. The summed E-state index contributed by atoms with van der Waals surface area (Å²) >= 11 is 2.72. The number of cyclic esters (lactones) is 2. The van der Waals surface area contributed by atoms with Gasteiger partial charge in [-0.3, -0.25) is 0 Å². The second-order valence-electron chi connectivity index (χ2n) is 2.20. The Morgan fingerprint density at radius 2 is 1.38 bits per heavy atom. The fourth-order valence-corrected chi connectivity index (χ4v) is 2.58. The molecule has 13 heavy (non-hydrogen) atoms. The summed E-state index contributed by atoms with van der Waals surface area (Å²) in [5.74, 6) is 0.553. The number of rotatable bonds is 4. The zero-order valence-electron chi connectivity index (χ0n) is 7.46. The van der Waals surface area contributed by atoms with E-state index in [4.69, 9.17) is 0 Å². The van der Waals surface area contributed by atoms with E-state index in [1.807, 2.05) is 13.8 Å². The number of ether oxygens (including phenoxy) is 1. The van der Waals surface area contributed by atoms with E-state index in [2.05, 4.69) is 4.74 Å². The van der Waals surface area contributed by atoms with Crippen molar-refractivity contribution in [2.75, 3.05) is 11.5 Å². The number of esters is 2. The van der Waals surface area contributed by atoms with Crippen LogP contribution in [-0.2, 0) is 14.3 Å². The van der Waals surface area contributed by atoms with Gasteiger partial charge in [0, 0.05) is 0 Å². The van der Waals surface area contributed by atoms with Crippen LogP contribution in [0.1, 0.15) is 13.8 Å². The molecule has 0 saturated carbocycles. The van der Waals surface area contributed by atoms with Crippen LogP contribution < -0.4 is 0 Å². The Morgan fingerprint density at radius 1 is 1.00 bits per heavy atom. The lowest BCUT2D eigenvalue weighted by atomic mass is 10.5. The van der Waals surface area contributed by atoms with E-state index in [1.165, 1.54) is 23.5 Å². The molecule has 5 heteroatoms. The average molecular weight is 218 g/mol. The smallest absolute Gasteiger partial charge is 0.353 e. The predicted octanol–water partition coefficient (Wildman–Crippen LogP) is 1.79. The monoisotopic (exact) mass is 218 g/mol. The van der Waals surface area contributed by atoms with E-state index in [1.54, 1.807) is 0 Å². The second kappa shape index (κ2) is 4.72. The van der Waals surface area contributed by atoms with Crippen molar-refractivity contribution in [3.63, 3.8) is 0 Å². The molecule has 1 aliphatic heterocycles. The highest BCUT2D eigenvalue weighted by Gasteiger charge is 2.32. The summed E-state index contributed by atoms with van der Waals surface area (Å²) in [5.41, 5.74) is 0. The molecule has 0 saturated heterocycles. The average Bonchev–Trinajstić information content (AvgIpc) is 2.33. The van der Waals surface area contributed by atoms with Crippen molar-refractivity contribution in [2.24, 2.45) is 0 Å². The molecular formula is C8H10O3S2. The summed E-state index contributed by atoms with van der Waals surface area (Å²) in [5, 5.41) is 0. The third-order valence-electron chi connectivity index (χ3n) is 1.34. The molecule has 1 rings (SSSR count). The minimum absolute atomic E-state index is 0.472. The van der Waals surface area contributed by atoms with E-state index >= 15 is 0 Å². The Bertz CT molecular complexity index is 245. The fraction of sp³-hybridized carbons (Fsp3) is 0.500. The van der Waals surface area contributed by atoms with Crippen LogP contribution in [0.5, 0.6) is 0 Å². The third-order valence-corrected chi connectivity index (χ3v) is 3.37. The van der Waals surface area contributed by atoms with Crippen molar-refractivity contribution in [3.8, 4) is 0 Å².